The lowest BCUT2D eigenvalue weighted by molar-refractivity contribution is -0.138. The quantitative estimate of drug-likeness (QED) is 0.639. The molecular weight excluding hydrogens is 340 g/mol. The van der Waals surface area contributed by atoms with E-state index in [0.29, 0.717) is 6.61 Å². The van der Waals surface area contributed by atoms with E-state index in [1.54, 1.807) is 14.0 Å². The van der Waals surface area contributed by atoms with Crippen LogP contribution in [0.5, 0.6) is 11.5 Å². The Morgan fingerprint density at radius 1 is 1.00 bits per heavy atom. The second-order valence-electron chi connectivity index (χ2n) is 6.54. The number of benzene rings is 3. The van der Waals surface area contributed by atoms with Crippen LogP contribution in [0.15, 0.2) is 54.6 Å². The third-order valence-electron chi connectivity index (χ3n) is 4.81. The van der Waals surface area contributed by atoms with E-state index in [1.807, 2.05) is 49.4 Å². The number of methoxy groups -OCH3 is 1. The molecule has 3 aromatic carbocycles. The van der Waals surface area contributed by atoms with Crippen molar-refractivity contribution in [3.63, 3.8) is 0 Å². The summed E-state index contributed by atoms with van der Waals surface area (Å²) in [5.41, 5.74) is 3.12. The molecule has 4 nitrogen and oxygen atoms in total. The van der Waals surface area contributed by atoms with Gasteiger partial charge in [0.1, 0.15) is 11.5 Å². The standard InChI is InChI=1S/C23H24O4/c1-4-27-18-8-5-16(6-9-18)13-17-7-11-20(15(2)23(24)25)22-14-19(26-3)10-12-21(17)22/h5-12,14-15H,4,13H2,1-3H3,(H,24,25). The minimum atomic E-state index is -0.835. The van der Waals surface area contributed by atoms with Crippen LogP contribution in [-0.2, 0) is 11.2 Å². The monoisotopic (exact) mass is 364 g/mol. The van der Waals surface area contributed by atoms with Gasteiger partial charge in [0.15, 0.2) is 0 Å². The predicted octanol–water partition coefficient (Wildman–Crippen LogP) is 5.03. The molecule has 0 aliphatic carbocycles. The van der Waals surface area contributed by atoms with E-state index in [4.69, 9.17) is 9.47 Å². The Hall–Kier alpha value is -3.01. The minimum Gasteiger partial charge on any atom is -0.497 e. The number of carboxylic acid groups (broad SMARTS) is 1. The molecule has 0 amide bonds. The van der Waals surface area contributed by atoms with Gasteiger partial charge in [0.05, 0.1) is 19.6 Å². The van der Waals surface area contributed by atoms with Crippen molar-refractivity contribution in [1.82, 2.24) is 0 Å². The summed E-state index contributed by atoms with van der Waals surface area (Å²) < 4.78 is 10.9. The summed E-state index contributed by atoms with van der Waals surface area (Å²) >= 11 is 0. The zero-order valence-corrected chi connectivity index (χ0v) is 15.9. The van der Waals surface area contributed by atoms with E-state index in [1.165, 1.54) is 5.56 Å². The van der Waals surface area contributed by atoms with E-state index in [-0.39, 0.29) is 0 Å². The van der Waals surface area contributed by atoms with Gasteiger partial charge >= 0.3 is 5.97 Å². The zero-order valence-electron chi connectivity index (χ0n) is 15.9. The van der Waals surface area contributed by atoms with E-state index >= 15 is 0 Å². The van der Waals surface area contributed by atoms with Crippen LogP contribution in [-0.4, -0.2) is 24.8 Å². The molecule has 0 spiro atoms. The Morgan fingerprint density at radius 3 is 2.33 bits per heavy atom. The van der Waals surface area contributed by atoms with Crippen molar-refractivity contribution in [3.05, 3.63) is 71.3 Å². The first-order chi connectivity index (χ1) is 13.0. The summed E-state index contributed by atoms with van der Waals surface area (Å²) in [6.45, 7) is 4.33. The highest BCUT2D eigenvalue weighted by atomic mass is 16.5. The molecule has 0 saturated carbocycles. The highest BCUT2D eigenvalue weighted by Gasteiger charge is 2.18. The Balaban J connectivity index is 2.03. The van der Waals surface area contributed by atoms with Gasteiger partial charge in [0.2, 0.25) is 0 Å². The van der Waals surface area contributed by atoms with Crippen molar-refractivity contribution >= 4 is 16.7 Å². The second-order valence-corrected chi connectivity index (χ2v) is 6.54. The molecule has 3 aromatic rings. The topological polar surface area (TPSA) is 55.8 Å². The fourth-order valence-corrected chi connectivity index (χ4v) is 3.29. The molecule has 1 N–H and O–H groups in total. The first-order valence-electron chi connectivity index (χ1n) is 9.07. The van der Waals surface area contributed by atoms with Gasteiger partial charge in [-0.2, -0.15) is 0 Å². The largest absolute Gasteiger partial charge is 0.497 e. The number of carboxylic acids is 1. The highest BCUT2D eigenvalue weighted by molar-refractivity contribution is 5.93. The molecule has 1 unspecified atom stereocenters. The van der Waals surface area contributed by atoms with Crippen molar-refractivity contribution in [2.45, 2.75) is 26.2 Å². The summed E-state index contributed by atoms with van der Waals surface area (Å²) in [5, 5.41) is 11.4. The van der Waals surface area contributed by atoms with E-state index in [0.717, 1.165) is 39.8 Å². The Labute approximate surface area is 159 Å². The molecular formula is C23H24O4. The van der Waals surface area contributed by atoms with Crippen molar-refractivity contribution < 1.29 is 19.4 Å². The smallest absolute Gasteiger partial charge is 0.310 e. The number of ether oxygens (including phenoxy) is 2. The average Bonchev–Trinajstić information content (AvgIpc) is 2.68. The fraction of sp³-hybridized carbons (Fsp3) is 0.261. The summed E-state index contributed by atoms with van der Waals surface area (Å²) in [6, 6.07) is 17.9. The Kier molecular flexibility index (Phi) is 5.65. The van der Waals surface area contributed by atoms with Crippen LogP contribution in [0.2, 0.25) is 0 Å². The van der Waals surface area contributed by atoms with Crippen LogP contribution < -0.4 is 9.47 Å². The van der Waals surface area contributed by atoms with E-state index in [9.17, 15) is 9.90 Å². The van der Waals surface area contributed by atoms with E-state index < -0.39 is 11.9 Å². The minimum absolute atomic E-state index is 0.584. The normalized spacial score (nSPS) is 12.0. The summed E-state index contributed by atoms with van der Waals surface area (Å²) in [7, 11) is 1.62. The van der Waals surface area contributed by atoms with Crippen molar-refractivity contribution in [2.75, 3.05) is 13.7 Å². The molecule has 0 saturated heterocycles. The number of fused-ring (bicyclic) bond motifs is 1. The molecule has 0 aliphatic heterocycles. The van der Waals surface area contributed by atoms with Crippen molar-refractivity contribution in [2.24, 2.45) is 0 Å². The number of carbonyl (C=O) groups is 1. The van der Waals surface area contributed by atoms with Gasteiger partial charge < -0.3 is 14.6 Å². The van der Waals surface area contributed by atoms with Gasteiger partial charge in [-0.25, -0.2) is 0 Å². The molecule has 27 heavy (non-hydrogen) atoms. The van der Waals surface area contributed by atoms with Crippen LogP contribution in [0, 0.1) is 0 Å². The third kappa shape index (κ3) is 4.05. The van der Waals surface area contributed by atoms with Gasteiger partial charge in [-0.15, -0.1) is 0 Å². The lowest BCUT2D eigenvalue weighted by Gasteiger charge is -2.15. The van der Waals surface area contributed by atoms with Crippen molar-refractivity contribution in [3.8, 4) is 11.5 Å². The van der Waals surface area contributed by atoms with E-state index in [2.05, 4.69) is 12.1 Å². The third-order valence-corrected chi connectivity index (χ3v) is 4.81. The maximum absolute atomic E-state index is 11.5. The van der Waals surface area contributed by atoms with Gasteiger partial charge in [-0.05, 0) is 72.0 Å². The molecule has 140 valence electrons. The second kappa shape index (κ2) is 8.12. The number of hydrogen-bond donors (Lipinski definition) is 1. The molecule has 4 heteroatoms. The molecule has 0 heterocycles. The van der Waals surface area contributed by atoms with Crippen LogP contribution in [0.25, 0.3) is 10.8 Å². The molecule has 0 bridgehead atoms. The maximum atomic E-state index is 11.5. The molecule has 0 radical (unpaired) electrons. The zero-order chi connectivity index (χ0) is 19.4. The fourth-order valence-electron chi connectivity index (χ4n) is 3.29. The lowest BCUT2D eigenvalue weighted by Crippen LogP contribution is -2.08. The van der Waals surface area contributed by atoms with Gasteiger partial charge in [0.25, 0.3) is 0 Å². The maximum Gasteiger partial charge on any atom is 0.310 e. The molecule has 0 fully saturated rings. The lowest BCUT2D eigenvalue weighted by atomic mass is 9.90. The summed E-state index contributed by atoms with van der Waals surface area (Å²) in [6.07, 6.45) is 0.761. The molecule has 1 atom stereocenters. The number of aliphatic carboxylic acids is 1. The SMILES string of the molecule is CCOc1ccc(Cc2ccc(C(C)C(=O)O)c3cc(OC)ccc23)cc1. The summed E-state index contributed by atoms with van der Waals surface area (Å²) in [5.74, 6) is 0.165. The van der Waals surface area contributed by atoms with Gasteiger partial charge in [0, 0.05) is 0 Å². The molecule has 0 aliphatic rings. The molecule has 3 rings (SSSR count). The number of rotatable bonds is 7. The highest BCUT2D eigenvalue weighted by Crippen LogP contribution is 2.32. The Morgan fingerprint density at radius 2 is 1.70 bits per heavy atom. The Bertz CT molecular complexity index is 944. The number of hydrogen-bond acceptors (Lipinski definition) is 3. The van der Waals surface area contributed by atoms with Crippen LogP contribution in [0.3, 0.4) is 0 Å². The predicted molar refractivity (Wildman–Crippen MR) is 107 cm³/mol. The first-order valence-corrected chi connectivity index (χ1v) is 9.07. The summed E-state index contributed by atoms with van der Waals surface area (Å²) in [4.78, 5) is 11.5. The van der Waals surface area contributed by atoms with Crippen molar-refractivity contribution in [1.29, 1.82) is 0 Å². The van der Waals surface area contributed by atoms with Crippen LogP contribution >= 0.6 is 0 Å². The van der Waals surface area contributed by atoms with Crippen LogP contribution in [0.4, 0.5) is 0 Å². The van der Waals surface area contributed by atoms with Crippen LogP contribution in [0.1, 0.15) is 36.5 Å². The first kappa shape index (κ1) is 18.8. The van der Waals surface area contributed by atoms with Gasteiger partial charge in [-0.3, -0.25) is 4.79 Å². The van der Waals surface area contributed by atoms with Gasteiger partial charge in [-0.1, -0.05) is 30.3 Å². The average molecular weight is 364 g/mol. The molecule has 0 aromatic heterocycles.